The normalized spacial score (nSPS) is 18.1. The minimum Gasteiger partial charge on any atom is -0.349 e. The Morgan fingerprint density at radius 1 is 1.23 bits per heavy atom. The van der Waals surface area contributed by atoms with E-state index < -0.39 is 10.0 Å². The van der Waals surface area contributed by atoms with E-state index in [1.807, 2.05) is 0 Å². The van der Waals surface area contributed by atoms with Gasteiger partial charge < -0.3 is 5.32 Å². The summed E-state index contributed by atoms with van der Waals surface area (Å²) < 4.78 is 25.5. The Morgan fingerprint density at radius 2 is 1.85 bits per heavy atom. The van der Waals surface area contributed by atoms with E-state index in [1.165, 1.54) is 15.4 Å². The van der Waals surface area contributed by atoms with Crippen LogP contribution >= 0.6 is 0 Å². The molecule has 0 spiro atoms. The summed E-state index contributed by atoms with van der Waals surface area (Å²) in [6, 6.07) is 6.30. The third-order valence-corrected chi connectivity index (χ3v) is 7.19. The minimum atomic E-state index is -3.16. The highest BCUT2D eigenvalue weighted by Crippen LogP contribution is 2.27. The summed E-state index contributed by atoms with van der Waals surface area (Å²) in [5.41, 5.74) is 3.56. The number of piperidine rings is 1. The average molecular weight is 381 g/mol. The second kappa shape index (κ2) is 8.53. The molecule has 1 aliphatic heterocycles. The Balaban J connectivity index is 2.05. The van der Waals surface area contributed by atoms with Crippen molar-refractivity contribution >= 4 is 15.9 Å². The number of hydrogen-bond donors (Lipinski definition) is 1. The Hall–Kier alpha value is -1.40. The van der Waals surface area contributed by atoms with Crippen LogP contribution in [0.4, 0.5) is 0 Å². The molecule has 0 aromatic heterocycles. The molecule has 1 amide bonds. The van der Waals surface area contributed by atoms with E-state index in [-0.39, 0.29) is 29.5 Å². The first kappa shape index (κ1) is 20.9. The van der Waals surface area contributed by atoms with Gasteiger partial charge in [0.05, 0.1) is 11.8 Å². The molecule has 0 aliphatic carbocycles. The lowest BCUT2D eigenvalue weighted by Crippen LogP contribution is -2.44. The fraction of sp³-hybridized carbons (Fsp3) is 0.650. The molecular formula is C20H32N2O3S. The number of carbonyl (C=O) groups excluding carboxylic acids is 1. The molecule has 1 saturated heterocycles. The zero-order valence-corrected chi connectivity index (χ0v) is 17.4. The van der Waals surface area contributed by atoms with Crippen molar-refractivity contribution in [2.75, 3.05) is 18.8 Å². The van der Waals surface area contributed by atoms with Crippen molar-refractivity contribution in [1.82, 2.24) is 9.62 Å². The molecule has 2 rings (SSSR count). The van der Waals surface area contributed by atoms with Crippen LogP contribution in [0.15, 0.2) is 18.2 Å². The number of sulfonamides is 1. The Labute approximate surface area is 158 Å². The highest BCUT2D eigenvalue weighted by atomic mass is 32.2. The van der Waals surface area contributed by atoms with Gasteiger partial charge in [0.15, 0.2) is 0 Å². The van der Waals surface area contributed by atoms with E-state index in [2.05, 4.69) is 51.2 Å². The maximum absolute atomic E-state index is 12.8. The number of hydrogen-bond acceptors (Lipinski definition) is 3. The van der Waals surface area contributed by atoms with Crippen LogP contribution in [0.25, 0.3) is 0 Å². The van der Waals surface area contributed by atoms with E-state index in [4.69, 9.17) is 0 Å². The summed E-state index contributed by atoms with van der Waals surface area (Å²) in [4.78, 5) is 12.8. The lowest BCUT2D eigenvalue weighted by Gasteiger charge is -2.32. The first-order valence-electron chi connectivity index (χ1n) is 9.51. The molecule has 26 heavy (non-hydrogen) atoms. The van der Waals surface area contributed by atoms with Crippen molar-refractivity contribution in [3.63, 3.8) is 0 Å². The largest absolute Gasteiger partial charge is 0.349 e. The van der Waals surface area contributed by atoms with Gasteiger partial charge in [-0.05, 0) is 50.7 Å². The fourth-order valence-corrected chi connectivity index (χ4v) is 4.76. The maximum atomic E-state index is 12.8. The van der Waals surface area contributed by atoms with Gasteiger partial charge in [0.25, 0.3) is 0 Å². The SMILES string of the molecule is CCS(=O)(=O)N1CCC(C(=O)NC(c2ccc(C)cc2C)C(C)C)CC1. The molecule has 1 heterocycles. The highest BCUT2D eigenvalue weighted by molar-refractivity contribution is 7.89. The Kier molecular flexibility index (Phi) is 6.86. The zero-order valence-electron chi connectivity index (χ0n) is 16.6. The van der Waals surface area contributed by atoms with Gasteiger partial charge in [-0.25, -0.2) is 12.7 Å². The first-order chi connectivity index (χ1) is 12.2. The van der Waals surface area contributed by atoms with Crippen molar-refractivity contribution in [1.29, 1.82) is 0 Å². The van der Waals surface area contributed by atoms with Gasteiger partial charge in [-0.15, -0.1) is 0 Å². The molecule has 0 radical (unpaired) electrons. The van der Waals surface area contributed by atoms with Gasteiger partial charge in [0, 0.05) is 19.0 Å². The molecule has 1 atom stereocenters. The third kappa shape index (κ3) is 4.86. The number of aryl methyl sites for hydroxylation is 2. The molecule has 5 nitrogen and oxygen atoms in total. The summed E-state index contributed by atoms with van der Waals surface area (Å²) in [6.45, 7) is 10.9. The Bertz CT molecular complexity index is 735. The molecule has 6 heteroatoms. The molecule has 1 N–H and O–H groups in total. The van der Waals surface area contributed by atoms with Crippen molar-refractivity contribution in [2.45, 2.75) is 53.5 Å². The highest BCUT2D eigenvalue weighted by Gasteiger charge is 2.31. The van der Waals surface area contributed by atoms with Crippen molar-refractivity contribution < 1.29 is 13.2 Å². The average Bonchev–Trinajstić information content (AvgIpc) is 2.60. The summed E-state index contributed by atoms with van der Waals surface area (Å²) in [5, 5.41) is 3.22. The molecule has 0 saturated carbocycles. The molecule has 1 fully saturated rings. The topological polar surface area (TPSA) is 66.5 Å². The summed E-state index contributed by atoms with van der Waals surface area (Å²) >= 11 is 0. The van der Waals surface area contributed by atoms with E-state index in [1.54, 1.807) is 6.92 Å². The molecular weight excluding hydrogens is 348 g/mol. The van der Waals surface area contributed by atoms with Crippen LogP contribution in [0.1, 0.15) is 56.3 Å². The monoisotopic (exact) mass is 380 g/mol. The smallest absolute Gasteiger partial charge is 0.223 e. The number of nitrogens with zero attached hydrogens (tertiary/aromatic N) is 1. The minimum absolute atomic E-state index is 0.0273. The van der Waals surface area contributed by atoms with Gasteiger partial charge in [0.1, 0.15) is 0 Å². The molecule has 146 valence electrons. The van der Waals surface area contributed by atoms with Gasteiger partial charge in [-0.1, -0.05) is 37.6 Å². The number of rotatable bonds is 6. The van der Waals surface area contributed by atoms with Crippen LogP contribution < -0.4 is 5.32 Å². The zero-order chi connectivity index (χ0) is 19.5. The van der Waals surface area contributed by atoms with Crippen LogP contribution in [0, 0.1) is 25.7 Å². The second-order valence-electron chi connectivity index (χ2n) is 7.66. The summed E-state index contributed by atoms with van der Waals surface area (Å²) in [6.07, 6.45) is 1.17. The number of amides is 1. The van der Waals surface area contributed by atoms with Crippen LogP contribution in [-0.2, 0) is 14.8 Å². The first-order valence-corrected chi connectivity index (χ1v) is 11.1. The number of benzene rings is 1. The van der Waals surface area contributed by atoms with Crippen molar-refractivity contribution in [3.8, 4) is 0 Å². The van der Waals surface area contributed by atoms with Gasteiger partial charge in [0.2, 0.25) is 15.9 Å². The molecule has 1 aliphatic rings. The van der Waals surface area contributed by atoms with E-state index in [0.29, 0.717) is 25.9 Å². The Morgan fingerprint density at radius 3 is 2.35 bits per heavy atom. The molecule has 1 aromatic carbocycles. The van der Waals surface area contributed by atoms with E-state index in [0.717, 1.165) is 5.56 Å². The summed E-state index contributed by atoms with van der Waals surface area (Å²) in [7, 11) is -3.16. The number of nitrogens with one attached hydrogen (secondary N) is 1. The summed E-state index contributed by atoms with van der Waals surface area (Å²) in [5.74, 6) is 0.315. The van der Waals surface area contributed by atoms with E-state index in [9.17, 15) is 13.2 Å². The predicted molar refractivity (Wildman–Crippen MR) is 105 cm³/mol. The van der Waals surface area contributed by atoms with Crippen LogP contribution in [-0.4, -0.2) is 37.5 Å². The van der Waals surface area contributed by atoms with Crippen molar-refractivity contribution in [2.24, 2.45) is 11.8 Å². The number of carbonyl (C=O) groups is 1. The fourth-order valence-electron chi connectivity index (χ4n) is 3.63. The molecule has 1 aromatic rings. The van der Waals surface area contributed by atoms with Gasteiger partial charge in [-0.3, -0.25) is 4.79 Å². The second-order valence-corrected chi connectivity index (χ2v) is 9.92. The third-order valence-electron chi connectivity index (χ3n) is 5.31. The predicted octanol–water partition coefficient (Wildman–Crippen LogP) is 3.18. The molecule has 1 unspecified atom stereocenters. The van der Waals surface area contributed by atoms with Crippen molar-refractivity contribution in [3.05, 3.63) is 34.9 Å². The van der Waals surface area contributed by atoms with Gasteiger partial charge in [-0.2, -0.15) is 0 Å². The van der Waals surface area contributed by atoms with Crippen LogP contribution in [0.3, 0.4) is 0 Å². The lowest BCUT2D eigenvalue weighted by atomic mass is 9.90. The van der Waals surface area contributed by atoms with Crippen LogP contribution in [0.2, 0.25) is 0 Å². The maximum Gasteiger partial charge on any atom is 0.223 e. The standard InChI is InChI=1S/C20H32N2O3S/c1-6-26(24,25)22-11-9-17(10-12-22)20(23)21-19(14(2)3)18-8-7-15(4)13-16(18)5/h7-8,13-14,17,19H,6,9-12H2,1-5H3,(H,21,23). The lowest BCUT2D eigenvalue weighted by molar-refractivity contribution is -0.127. The quantitative estimate of drug-likeness (QED) is 0.824. The molecule has 0 bridgehead atoms. The van der Waals surface area contributed by atoms with Crippen LogP contribution in [0.5, 0.6) is 0 Å². The van der Waals surface area contributed by atoms with Gasteiger partial charge >= 0.3 is 0 Å². The van der Waals surface area contributed by atoms with E-state index >= 15 is 0 Å².